The van der Waals surface area contributed by atoms with E-state index >= 15 is 0 Å². The number of piperazine rings is 1. The van der Waals surface area contributed by atoms with Gasteiger partial charge >= 0.3 is 0 Å². The summed E-state index contributed by atoms with van der Waals surface area (Å²) in [5.74, 6) is 0.192. The first kappa shape index (κ1) is 13.4. The summed E-state index contributed by atoms with van der Waals surface area (Å²) in [6.45, 7) is 5.58. The zero-order chi connectivity index (χ0) is 14.0. The minimum Gasteiger partial charge on any atom is -0.508 e. The first-order valence-electron chi connectivity index (χ1n) is 6.33. The van der Waals surface area contributed by atoms with E-state index in [0.29, 0.717) is 37.3 Å². The van der Waals surface area contributed by atoms with Crippen LogP contribution in [0.3, 0.4) is 0 Å². The van der Waals surface area contributed by atoms with Crippen LogP contribution >= 0.6 is 0 Å². The zero-order valence-electron chi connectivity index (χ0n) is 11.2. The molecule has 1 N–H and O–H groups in total. The molecule has 1 aliphatic heterocycles. The molecule has 0 bridgehead atoms. The van der Waals surface area contributed by atoms with E-state index in [-0.39, 0.29) is 17.6 Å². The number of hydrogen-bond acceptors (Lipinski definition) is 3. The third kappa shape index (κ3) is 2.86. The summed E-state index contributed by atoms with van der Waals surface area (Å²) in [4.78, 5) is 27.0. The summed E-state index contributed by atoms with van der Waals surface area (Å²) >= 11 is 0. The molecule has 5 heteroatoms. The van der Waals surface area contributed by atoms with E-state index in [1.165, 1.54) is 6.07 Å². The van der Waals surface area contributed by atoms with Crippen LogP contribution in [0.25, 0.3) is 0 Å². The lowest BCUT2D eigenvalue weighted by Crippen LogP contribution is -2.50. The van der Waals surface area contributed by atoms with Gasteiger partial charge in [-0.1, -0.05) is 0 Å². The Morgan fingerprint density at radius 3 is 2.21 bits per heavy atom. The average molecular weight is 262 g/mol. The number of nitrogens with zero attached hydrogens (tertiary/aromatic N) is 2. The number of aryl methyl sites for hydroxylation is 1. The lowest BCUT2D eigenvalue weighted by Gasteiger charge is -2.34. The summed E-state index contributed by atoms with van der Waals surface area (Å²) in [6.07, 6.45) is 0. The molecule has 0 aromatic heterocycles. The fourth-order valence-electron chi connectivity index (χ4n) is 2.20. The maximum absolute atomic E-state index is 12.3. The fraction of sp³-hybridized carbons (Fsp3) is 0.429. The third-order valence-electron chi connectivity index (χ3n) is 3.46. The summed E-state index contributed by atoms with van der Waals surface area (Å²) < 4.78 is 0. The van der Waals surface area contributed by atoms with Crippen molar-refractivity contribution in [3.05, 3.63) is 29.3 Å². The first-order chi connectivity index (χ1) is 8.99. The lowest BCUT2D eigenvalue weighted by molar-refractivity contribution is -0.130. The van der Waals surface area contributed by atoms with Gasteiger partial charge in [0.15, 0.2) is 0 Å². The second-order valence-electron chi connectivity index (χ2n) is 4.80. The topological polar surface area (TPSA) is 60.9 Å². The molecule has 102 valence electrons. The van der Waals surface area contributed by atoms with Gasteiger partial charge in [-0.2, -0.15) is 0 Å². The second kappa shape index (κ2) is 5.30. The predicted molar refractivity (Wildman–Crippen MR) is 71.0 cm³/mol. The van der Waals surface area contributed by atoms with Gasteiger partial charge in [0.1, 0.15) is 5.75 Å². The van der Waals surface area contributed by atoms with Crippen molar-refractivity contribution >= 4 is 11.8 Å². The molecule has 2 amide bonds. The molecule has 2 rings (SSSR count). The number of carbonyl (C=O) groups is 2. The Bertz CT molecular complexity index is 505. The number of carbonyl (C=O) groups excluding carboxylic acids is 2. The smallest absolute Gasteiger partial charge is 0.253 e. The molecule has 0 radical (unpaired) electrons. The van der Waals surface area contributed by atoms with E-state index in [0.717, 1.165) is 0 Å². The van der Waals surface area contributed by atoms with E-state index in [1.54, 1.807) is 35.8 Å². The van der Waals surface area contributed by atoms with Gasteiger partial charge in [-0.15, -0.1) is 0 Å². The van der Waals surface area contributed by atoms with Crippen molar-refractivity contribution in [1.82, 2.24) is 9.80 Å². The number of phenolic OH excluding ortho intramolecular Hbond substituents is 1. The van der Waals surface area contributed by atoms with Crippen molar-refractivity contribution in [1.29, 1.82) is 0 Å². The summed E-state index contributed by atoms with van der Waals surface area (Å²) in [5, 5.41) is 9.46. The van der Waals surface area contributed by atoms with Gasteiger partial charge < -0.3 is 14.9 Å². The van der Waals surface area contributed by atoms with Crippen LogP contribution in [-0.4, -0.2) is 52.9 Å². The Balaban J connectivity index is 2.05. The molecule has 1 aromatic carbocycles. The minimum absolute atomic E-state index is 0.0487. The quantitative estimate of drug-likeness (QED) is 0.821. The molecule has 0 aliphatic carbocycles. The van der Waals surface area contributed by atoms with Crippen LogP contribution in [0.15, 0.2) is 18.2 Å². The number of rotatable bonds is 1. The largest absolute Gasteiger partial charge is 0.508 e. The molecule has 19 heavy (non-hydrogen) atoms. The van der Waals surface area contributed by atoms with Gasteiger partial charge in [-0.25, -0.2) is 0 Å². The van der Waals surface area contributed by atoms with Crippen molar-refractivity contribution in [2.24, 2.45) is 0 Å². The highest BCUT2D eigenvalue weighted by atomic mass is 16.3. The number of aromatic hydroxyl groups is 1. The van der Waals surface area contributed by atoms with Gasteiger partial charge in [0.25, 0.3) is 5.91 Å². The second-order valence-corrected chi connectivity index (χ2v) is 4.80. The highest BCUT2D eigenvalue weighted by molar-refractivity contribution is 5.94. The number of phenols is 1. The Morgan fingerprint density at radius 1 is 1.11 bits per heavy atom. The average Bonchev–Trinajstić information content (AvgIpc) is 2.41. The Hall–Kier alpha value is -2.04. The maximum Gasteiger partial charge on any atom is 0.253 e. The molecule has 0 saturated carbocycles. The number of hydrogen-bond donors (Lipinski definition) is 1. The van der Waals surface area contributed by atoms with Gasteiger partial charge in [0.2, 0.25) is 5.91 Å². The van der Waals surface area contributed by atoms with Crippen molar-refractivity contribution in [3.8, 4) is 5.75 Å². The van der Waals surface area contributed by atoms with Gasteiger partial charge in [-0.3, -0.25) is 9.59 Å². The van der Waals surface area contributed by atoms with Crippen molar-refractivity contribution in [2.75, 3.05) is 26.2 Å². The SMILES string of the molecule is CC(=O)N1CCN(C(=O)c2ccc(O)c(C)c2)CC1. The normalized spacial score (nSPS) is 15.5. The van der Waals surface area contributed by atoms with Crippen LogP contribution in [0.2, 0.25) is 0 Å². The molecule has 1 heterocycles. The summed E-state index contributed by atoms with van der Waals surface area (Å²) in [7, 11) is 0. The summed E-state index contributed by atoms with van der Waals surface area (Å²) in [5.41, 5.74) is 1.26. The number of amides is 2. The van der Waals surface area contributed by atoms with E-state index < -0.39 is 0 Å². The Labute approximate surface area is 112 Å². The highest BCUT2D eigenvalue weighted by Gasteiger charge is 2.23. The van der Waals surface area contributed by atoms with Gasteiger partial charge in [0.05, 0.1) is 0 Å². The molecule has 1 saturated heterocycles. The van der Waals surface area contributed by atoms with E-state index in [9.17, 15) is 14.7 Å². The lowest BCUT2D eigenvalue weighted by atomic mass is 10.1. The molecular weight excluding hydrogens is 244 g/mol. The molecule has 0 atom stereocenters. The van der Waals surface area contributed by atoms with Crippen LogP contribution in [0.5, 0.6) is 5.75 Å². The molecule has 1 fully saturated rings. The highest BCUT2D eigenvalue weighted by Crippen LogP contribution is 2.18. The van der Waals surface area contributed by atoms with Gasteiger partial charge in [-0.05, 0) is 30.7 Å². The zero-order valence-corrected chi connectivity index (χ0v) is 11.2. The fourth-order valence-corrected chi connectivity index (χ4v) is 2.20. The van der Waals surface area contributed by atoms with E-state index in [1.807, 2.05) is 0 Å². The van der Waals surface area contributed by atoms with Crippen LogP contribution in [0.1, 0.15) is 22.8 Å². The van der Waals surface area contributed by atoms with E-state index in [2.05, 4.69) is 0 Å². The van der Waals surface area contributed by atoms with Crippen LogP contribution < -0.4 is 0 Å². The predicted octanol–water partition coefficient (Wildman–Crippen LogP) is 1.00. The van der Waals surface area contributed by atoms with Crippen molar-refractivity contribution in [3.63, 3.8) is 0 Å². The van der Waals surface area contributed by atoms with Crippen LogP contribution in [-0.2, 0) is 4.79 Å². The van der Waals surface area contributed by atoms with Crippen molar-refractivity contribution in [2.45, 2.75) is 13.8 Å². The maximum atomic E-state index is 12.3. The van der Waals surface area contributed by atoms with Crippen molar-refractivity contribution < 1.29 is 14.7 Å². The molecule has 1 aliphatic rings. The molecule has 5 nitrogen and oxygen atoms in total. The molecular formula is C14H18N2O3. The Morgan fingerprint density at radius 2 is 1.68 bits per heavy atom. The number of benzene rings is 1. The summed E-state index contributed by atoms with van der Waals surface area (Å²) in [6, 6.07) is 4.85. The molecule has 0 spiro atoms. The van der Waals surface area contributed by atoms with Gasteiger partial charge in [0, 0.05) is 38.7 Å². The standard InChI is InChI=1S/C14H18N2O3/c1-10-9-12(3-4-13(10)18)14(19)16-7-5-15(6-8-16)11(2)17/h3-4,9,18H,5-8H2,1-2H3. The minimum atomic E-state index is -0.0497. The van der Waals surface area contributed by atoms with Crippen LogP contribution in [0.4, 0.5) is 0 Å². The Kier molecular flexibility index (Phi) is 3.74. The molecule has 0 unspecified atom stereocenters. The first-order valence-corrected chi connectivity index (χ1v) is 6.33. The van der Waals surface area contributed by atoms with E-state index in [4.69, 9.17) is 0 Å². The molecule has 1 aromatic rings. The van der Waals surface area contributed by atoms with Crippen LogP contribution in [0, 0.1) is 6.92 Å². The third-order valence-corrected chi connectivity index (χ3v) is 3.46. The monoisotopic (exact) mass is 262 g/mol.